The highest BCUT2D eigenvalue weighted by atomic mass is 16.5. The molecular formula is C27H26O2. The maximum Gasteiger partial charge on any atom is 0.127 e. The Morgan fingerprint density at radius 3 is 2.07 bits per heavy atom. The molecule has 0 heterocycles. The molecule has 0 bridgehead atoms. The monoisotopic (exact) mass is 382 g/mol. The van der Waals surface area contributed by atoms with Gasteiger partial charge in [0.05, 0.1) is 0 Å². The van der Waals surface area contributed by atoms with E-state index in [1.165, 1.54) is 16.7 Å². The number of ether oxygens (including phenoxy) is 2. The van der Waals surface area contributed by atoms with Crippen LogP contribution < -0.4 is 9.47 Å². The number of rotatable bonds is 8. The Kier molecular flexibility index (Phi) is 6.70. The van der Waals surface area contributed by atoms with Crippen LogP contribution in [0.5, 0.6) is 17.2 Å². The summed E-state index contributed by atoms with van der Waals surface area (Å²) < 4.78 is 11.7. The Morgan fingerprint density at radius 2 is 1.48 bits per heavy atom. The summed E-state index contributed by atoms with van der Waals surface area (Å²) in [5.41, 5.74) is 4.64. The normalized spacial score (nSPS) is 11.0. The summed E-state index contributed by atoms with van der Waals surface area (Å²) >= 11 is 0. The molecule has 0 saturated carbocycles. The lowest BCUT2D eigenvalue weighted by Crippen LogP contribution is -1.93. The fourth-order valence-corrected chi connectivity index (χ4v) is 2.90. The van der Waals surface area contributed by atoms with Crippen molar-refractivity contribution in [2.45, 2.75) is 20.3 Å². The second-order valence-electron chi connectivity index (χ2n) is 7.04. The van der Waals surface area contributed by atoms with Crippen LogP contribution in [0.3, 0.4) is 0 Å². The molecule has 0 aliphatic carbocycles. The highest BCUT2D eigenvalue weighted by Gasteiger charge is 2.02. The minimum absolute atomic E-state index is 0.597. The molecule has 2 heteroatoms. The van der Waals surface area contributed by atoms with Crippen molar-refractivity contribution in [3.05, 3.63) is 126 Å². The van der Waals surface area contributed by atoms with E-state index < -0.39 is 0 Å². The number of aryl methyl sites for hydroxylation is 1. The average Bonchev–Trinajstić information content (AvgIpc) is 2.71. The topological polar surface area (TPSA) is 18.5 Å². The first-order valence-electron chi connectivity index (χ1n) is 9.62. The zero-order valence-electron chi connectivity index (χ0n) is 17.0. The molecule has 0 unspecified atom stereocenters. The van der Waals surface area contributed by atoms with Crippen LogP contribution >= 0.6 is 0 Å². The van der Waals surface area contributed by atoms with Gasteiger partial charge >= 0.3 is 0 Å². The summed E-state index contributed by atoms with van der Waals surface area (Å²) in [5, 5.41) is 0. The molecule has 0 amide bonds. The van der Waals surface area contributed by atoms with Gasteiger partial charge in [-0.15, -0.1) is 0 Å². The van der Waals surface area contributed by atoms with Crippen molar-refractivity contribution in [3.63, 3.8) is 0 Å². The molecule has 0 aliphatic rings. The second kappa shape index (κ2) is 9.61. The predicted molar refractivity (Wildman–Crippen MR) is 121 cm³/mol. The van der Waals surface area contributed by atoms with E-state index in [0.717, 1.165) is 29.2 Å². The van der Waals surface area contributed by atoms with Gasteiger partial charge in [0.15, 0.2) is 0 Å². The van der Waals surface area contributed by atoms with E-state index in [1.54, 1.807) is 6.08 Å². The van der Waals surface area contributed by atoms with Crippen molar-refractivity contribution < 1.29 is 9.47 Å². The minimum atomic E-state index is 0.597. The fourth-order valence-electron chi connectivity index (χ4n) is 2.90. The van der Waals surface area contributed by atoms with Crippen LogP contribution in [0.15, 0.2) is 109 Å². The van der Waals surface area contributed by atoms with Gasteiger partial charge in [0, 0.05) is 0 Å². The molecule has 3 aromatic rings. The Balaban J connectivity index is 1.58. The van der Waals surface area contributed by atoms with Gasteiger partial charge in [-0.2, -0.15) is 0 Å². The molecule has 3 aromatic carbocycles. The largest absolute Gasteiger partial charge is 0.458 e. The summed E-state index contributed by atoms with van der Waals surface area (Å²) in [6.45, 7) is 11.7. The lowest BCUT2D eigenvalue weighted by Gasteiger charge is -2.09. The van der Waals surface area contributed by atoms with Crippen LogP contribution in [-0.4, -0.2) is 0 Å². The van der Waals surface area contributed by atoms with Crippen molar-refractivity contribution in [2.75, 3.05) is 0 Å². The van der Waals surface area contributed by atoms with Crippen LogP contribution in [0.1, 0.15) is 23.6 Å². The lowest BCUT2D eigenvalue weighted by molar-refractivity contribution is 0.446. The van der Waals surface area contributed by atoms with Gasteiger partial charge in [-0.3, -0.25) is 0 Å². The molecule has 29 heavy (non-hydrogen) atoms. The second-order valence-corrected chi connectivity index (χ2v) is 7.04. The van der Waals surface area contributed by atoms with E-state index in [4.69, 9.17) is 9.47 Å². The summed E-state index contributed by atoms with van der Waals surface area (Å²) in [5.74, 6) is 3.06. The predicted octanol–water partition coefficient (Wildman–Crippen LogP) is 7.40. The van der Waals surface area contributed by atoms with Crippen LogP contribution in [0, 0.1) is 6.92 Å². The molecule has 0 aromatic heterocycles. The van der Waals surface area contributed by atoms with Crippen LogP contribution in [0.25, 0.3) is 0 Å². The van der Waals surface area contributed by atoms with Crippen LogP contribution in [0.4, 0.5) is 0 Å². The van der Waals surface area contributed by atoms with Gasteiger partial charge in [-0.05, 0) is 85.0 Å². The highest BCUT2D eigenvalue weighted by molar-refractivity contribution is 5.37. The van der Waals surface area contributed by atoms with Gasteiger partial charge in [0.25, 0.3) is 0 Å². The average molecular weight is 383 g/mol. The van der Waals surface area contributed by atoms with E-state index >= 15 is 0 Å². The van der Waals surface area contributed by atoms with E-state index in [2.05, 4.69) is 50.4 Å². The van der Waals surface area contributed by atoms with Crippen molar-refractivity contribution in [1.29, 1.82) is 0 Å². The maximum absolute atomic E-state index is 5.92. The highest BCUT2D eigenvalue weighted by Crippen LogP contribution is 2.24. The van der Waals surface area contributed by atoms with E-state index in [9.17, 15) is 0 Å². The van der Waals surface area contributed by atoms with Gasteiger partial charge in [0.1, 0.15) is 23.0 Å². The third kappa shape index (κ3) is 6.25. The Bertz CT molecular complexity index is 1010. The SMILES string of the molecule is C=C/C(C)=C\C(=C)Oc1ccc(Cc2ccc(Oc3cccc(C)c3)cc2)cc1. The van der Waals surface area contributed by atoms with E-state index in [-0.39, 0.29) is 0 Å². The van der Waals surface area contributed by atoms with Crippen molar-refractivity contribution in [3.8, 4) is 17.2 Å². The van der Waals surface area contributed by atoms with Crippen molar-refractivity contribution in [2.24, 2.45) is 0 Å². The summed E-state index contributed by atoms with van der Waals surface area (Å²) in [4.78, 5) is 0. The molecule has 0 spiro atoms. The van der Waals surface area contributed by atoms with Gasteiger partial charge in [0.2, 0.25) is 0 Å². The fraction of sp³-hybridized carbons (Fsp3) is 0.111. The third-order valence-corrected chi connectivity index (χ3v) is 4.44. The summed E-state index contributed by atoms with van der Waals surface area (Å²) in [7, 11) is 0. The quantitative estimate of drug-likeness (QED) is 0.298. The first kappa shape index (κ1) is 20.2. The Morgan fingerprint density at radius 1 is 0.862 bits per heavy atom. The Hall–Kier alpha value is -3.52. The molecule has 0 fully saturated rings. The molecule has 2 nitrogen and oxygen atoms in total. The molecule has 0 N–H and O–H groups in total. The molecule has 146 valence electrons. The Labute approximate surface area is 173 Å². The molecule has 3 rings (SSSR count). The van der Waals surface area contributed by atoms with E-state index in [0.29, 0.717) is 5.76 Å². The minimum Gasteiger partial charge on any atom is -0.458 e. The van der Waals surface area contributed by atoms with E-state index in [1.807, 2.05) is 55.5 Å². The van der Waals surface area contributed by atoms with Gasteiger partial charge < -0.3 is 9.47 Å². The number of benzene rings is 3. The first-order valence-corrected chi connectivity index (χ1v) is 9.62. The standard InChI is InChI=1S/C27H26O2/c1-5-20(2)17-22(4)28-25-13-9-23(10-14-25)19-24-11-15-26(16-12-24)29-27-8-6-7-21(3)18-27/h5-18H,1,4,19H2,2-3H3/b20-17-. The van der Waals surface area contributed by atoms with Gasteiger partial charge in [-0.1, -0.05) is 55.6 Å². The number of allylic oxidation sites excluding steroid dienone is 3. The molecule has 0 atom stereocenters. The molecular weight excluding hydrogens is 356 g/mol. The maximum atomic E-state index is 5.92. The van der Waals surface area contributed by atoms with Crippen molar-refractivity contribution in [1.82, 2.24) is 0 Å². The van der Waals surface area contributed by atoms with Crippen LogP contribution in [0.2, 0.25) is 0 Å². The smallest absolute Gasteiger partial charge is 0.127 e. The molecule has 0 radical (unpaired) electrons. The number of hydrogen-bond donors (Lipinski definition) is 0. The zero-order valence-corrected chi connectivity index (χ0v) is 17.0. The van der Waals surface area contributed by atoms with Crippen LogP contribution in [-0.2, 0) is 6.42 Å². The lowest BCUT2D eigenvalue weighted by atomic mass is 10.0. The zero-order chi connectivity index (χ0) is 20.6. The van der Waals surface area contributed by atoms with Gasteiger partial charge in [-0.25, -0.2) is 0 Å². The van der Waals surface area contributed by atoms with Crippen molar-refractivity contribution >= 4 is 0 Å². The molecule has 0 aliphatic heterocycles. The summed E-state index contributed by atoms with van der Waals surface area (Å²) in [6.07, 6.45) is 4.48. The first-order chi connectivity index (χ1) is 14.0. The summed E-state index contributed by atoms with van der Waals surface area (Å²) in [6, 6.07) is 24.3. The third-order valence-electron chi connectivity index (χ3n) is 4.44. The molecule has 0 saturated heterocycles. The number of hydrogen-bond acceptors (Lipinski definition) is 2.